The summed E-state index contributed by atoms with van der Waals surface area (Å²) in [7, 11) is 7.97. The van der Waals surface area contributed by atoms with Gasteiger partial charge in [0.25, 0.3) is 0 Å². The van der Waals surface area contributed by atoms with E-state index in [0.717, 1.165) is 134 Å². The number of hydrogen-bond donors (Lipinski definition) is 5. The Hall–Kier alpha value is -12.3. The minimum Gasteiger partial charge on any atom is -0.444 e. The predicted molar refractivity (Wildman–Crippen MR) is 535 cm³/mol. The summed E-state index contributed by atoms with van der Waals surface area (Å²) in [5.74, 6) is 5.60. The topological polar surface area (TPSA) is 430 Å². The van der Waals surface area contributed by atoms with Gasteiger partial charge in [0.2, 0.25) is 47.3 Å². The molecule has 8 saturated heterocycles. The van der Waals surface area contributed by atoms with Gasteiger partial charge in [-0.15, -0.1) is 6.42 Å². The molecule has 5 N–H and O–H groups in total. The Kier molecular flexibility index (Phi) is 38.1. The summed E-state index contributed by atoms with van der Waals surface area (Å²) in [6.07, 6.45) is 17.3. The van der Waals surface area contributed by atoms with E-state index in [4.69, 9.17) is 42.3 Å². The van der Waals surface area contributed by atoms with Gasteiger partial charge >= 0.3 is 41.0 Å². The van der Waals surface area contributed by atoms with Crippen LogP contribution < -0.4 is 49.3 Å². The average Bonchev–Trinajstić information content (AvgIpc) is 1.61. The Balaban J connectivity index is 0.000000186. The number of piperidine rings is 8. The first-order valence-corrected chi connectivity index (χ1v) is 48.9. The molecule has 8 aliphatic rings. The number of amides is 11. The molecule has 141 heavy (non-hydrogen) atoms. The van der Waals surface area contributed by atoms with Crippen molar-refractivity contribution in [3.63, 3.8) is 0 Å². The minimum atomic E-state index is -0.739. The second kappa shape index (κ2) is 49.9. The molecule has 12 heterocycles. The van der Waals surface area contributed by atoms with Crippen LogP contribution in [0.15, 0.2) is 96.4 Å². The smallest absolute Gasteiger partial charge is 0.410 e. The summed E-state index contributed by atoms with van der Waals surface area (Å²) >= 11 is 3.37. The number of halogens is 1. The molecule has 0 aliphatic carbocycles. The van der Waals surface area contributed by atoms with Crippen LogP contribution in [0.4, 0.5) is 14.4 Å². The van der Waals surface area contributed by atoms with Crippen LogP contribution in [0.5, 0.6) is 0 Å². The highest BCUT2D eigenvalue weighted by molar-refractivity contribution is 9.10. The number of likely N-dealkylation sites (tertiary alicyclic amines) is 3. The first-order chi connectivity index (χ1) is 67.9. The highest BCUT2D eigenvalue weighted by Gasteiger charge is 2.38. The number of rotatable bonds is 18. The molecule has 8 fully saturated rings. The summed E-state index contributed by atoms with van der Waals surface area (Å²) in [4.78, 5) is 187. The molecule has 4 unspecified atom stereocenters. The van der Waals surface area contributed by atoms with Gasteiger partial charge in [-0.25, -0.2) is 33.6 Å². The Morgan fingerprint density at radius 1 is 0.418 bits per heavy atom. The Bertz CT molecular complexity index is 6250. The van der Waals surface area contributed by atoms with E-state index in [9.17, 15) is 71.9 Å². The first kappa shape index (κ1) is 108. The fraction of sp³-hybridized carbons (Fsp3) is 0.578. The van der Waals surface area contributed by atoms with Crippen molar-refractivity contribution < 1.29 is 88.6 Å². The van der Waals surface area contributed by atoms with Crippen molar-refractivity contribution in [3.8, 4) is 24.2 Å². The quantitative estimate of drug-likeness (QED) is 0.0230. The number of ether oxygens (including phenoxy) is 7. The van der Waals surface area contributed by atoms with Crippen molar-refractivity contribution in [1.29, 1.82) is 0 Å². The zero-order valence-electron chi connectivity index (χ0n) is 85.7. The van der Waals surface area contributed by atoms with E-state index in [1.807, 2.05) is 117 Å². The van der Waals surface area contributed by atoms with Gasteiger partial charge in [-0.2, -0.15) is 0 Å². The predicted octanol–water partition coefficient (Wildman–Crippen LogP) is 10.5. The number of hydrogen-bond acceptors (Lipinski definition) is 23. The number of carbonyl (C=O) groups excluding carboxylic acids is 11. The van der Waals surface area contributed by atoms with Crippen molar-refractivity contribution >= 4 is 126 Å². The van der Waals surface area contributed by atoms with Gasteiger partial charge in [0.1, 0.15) is 54.2 Å². The number of fused-ring (bicyclic) bond motifs is 4. The van der Waals surface area contributed by atoms with Crippen molar-refractivity contribution in [1.82, 2.24) is 77.8 Å². The summed E-state index contributed by atoms with van der Waals surface area (Å²) < 4.78 is 64.4. The summed E-state index contributed by atoms with van der Waals surface area (Å²) in [5, 5.41) is 12.6. The van der Waals surface area contributed by atoms with Crippen LogP contribution in [-0.2, 0) is 113 Å². The van der Waals surface area contributed by atoms with Crippen LogP contribution >= 0.6 is 15.9 Å². The molecule has 8 aromatic rings. The molecule has 8 aliphatic heterocycles. The largest absolute Gasteiger partial charge is 0.444 e. The molecule has 0 spiro atoms. The fourth-order valence-corrected chi connectivity index (χ4v) is 18.3. The molecule has 0 saturated carbocycles. The van der Waals surface area contributed by atoms with Gasteiger partial charge in [0.05, 0.1) is 68.5 Å². The van der Waals surface area contributed by atoms with E-state index in [-0.39, 0.29) is 122 Å². The van der Waals surface area contributed by atoms with Crippen molar-refractivity contribution in [2.75, 3.05) is 78.8 Å². The zero-order valence-corrected chi connectivity index (χ0v) is 85.3. The lowest BCUT2D eigenvalue weighted by molar-refractivity contribution is -0.137. The van der Waals surface area contributed by atoms with E-state index in [0.29, 0.717) is 112 Å². The summed E-state index contributed by atoms with van der Waals surface area (Å²) in [5.41, 5.74) is 6.03. The van der Waals surface area contributed by atoms with Gasteiger partial charge < -0.3 is 53.2 Å². The number of imide groups is 4. The summed E-state index contributed by atoms with van der Waals surface area (Å²) in [6, 6.07) is 20.0. The van der Waals surface area contributed by atoms with Gasteiger partial charge in [0, 0.05) is 119 Å². The second-order valence-corrected chi connectivity index (χ2v) is 39.6. The number of aromatic nitrogens is 8. The van der Waals surface area contributed by atoms with Crippen LogP contribution in [0.3, 0.4) is 0 Å². The van der Waals surface area contributed by atoms with E-state index in [2.05, 4.69) is 60.3 Å². The average molecular weight is 2020 g/mol. The lowest BCUT2D eigenvalue weighted by atomic mass is 10.0. The molecule has 11 amide bonds. The first-order valence-electron chi connectivity index (χ1n) is 49.8. The highest BCUT2D eigenvalue weighted by Crippen LogP contribution is 2.32. The standard InChI is InChI=1S/C26H36N4O6.C26H32N4O6.C21H28N4O4.C13H12BrN3O3.C13H21NO3.C2H6.CH4/c2*1-26(2,3)36-25(34)29-13-11-18(12-14-29)35-15-5-6-17-7-8-19-21(16-17)30(24(33)28(19)4)20-9-10-22(31)27-23(20)32;1-24-16-5-4-14(3-2-12-29-15-8-10-22-11-9-15)13-18(16)25(21(24)28)17-6-7-19(26)23-20(17)27;1-16-8-3-2-7(14)6-10(8)17(13(16)20)9-4-5-11(18)15-12(9)19;1-5-10-16-11-6-8-14(9-7-11)12(15)17-13(2,3)4;1-2;/h7-8,16,18,20H,5-6,9-15H2,1-4H3,(H,27,31,32);7-8,16,18,20H,9-15H2,1-4H3,(H,27,31,32);4-5,13,15,17,22H,2-3,6-12H2,1H3,(H,23,26,27);2-3,6,9H,4-5H2,1H3,(H,15,18,19);1,11H,6-10H2,2-4H3;1-2H3;1H4/i;;;;;1D;1T. The van der Waals surface area contributed by atoms with Crippen molar-refractivity contribution in [3.05, 3.63) is 136 Å². The number of aryl methyl sites for hydroxylation is 6. The fourth-order valence-electron chi connectivity index (χ4n) is 17.9. The van der Waals surface area contributed by atoms with E-state index >= 15 is 0 Å². The summed E-state index contributed by atoms with van der Waals surface area (Å²) in [6.45, 7) is 26.7. The van der Waals surface area contributed by atoms with E-state index in [1.54, 1.807) is 72.6 Å². The minimum absolute atomic E-state index is 0.0206. The molecular formula is C102H139BrN16O22. The van der Waals surface area contributed by atoms with Crippen LogP contribution in [-0.4, -0.2) is 237 Å². The van der Waals surface area contributed by atoms with Crippen molar-refractivity contribution in [2.24, 2.45) is 28.2 Å². The molecule has 4 atom stereocenters. The number of nitrogens with zero attached hydrogens (tertiary/aromatic N) is 11. The van der Waals surface area contributed by atoms with Gasteiger partial charge in [-0.3, -0.25) is 96.2 Å². The number of nitrogens with one attached hydrogen (secondary N) is 5. The third-order valence-electron chi connectivity index (χ3n) is 25.1. The molecule has 39 heteroatoms. The number of imidazole rings is 4. The van der Waals surface area contributed by atoms with Crippen molar-refractivity contribution in [2.45, 2.75) is 277 Å². The van der Waals surface area contributed by atoms with Crippen LogP contribution in [0.2, 0.25) is 0 Å². The lowest BCUT2D eigenvalue weighted by Gasteiger charge is -2.33. The lowest BCUT2D eigenvalue weighted by Crippen LogP contribution is -2.44. The zero-order chi connectivity index (χ0) is 104. The van der Waals surface area contributed by atoms with E-state index < -0.39 is 64.6 Å². The highest BCUT2D eigenvalue weighted by atomic mass is 79.9. The number of terminal acetylenes is 1. The Morgan fingerprint density at radius 3 is 1.03 bits per heavy atom. The molecule has 38 nitrogen and oxygen atoms in total. The van der Waals surface area contributed by atoms with Gasteiger partial charge in [0.15, 0.2) is 0 Å². The molecule has 4 aromatic heterocycles. The third-order valence-corrected chi connectivity index (χ3v) is 25.5. The monoisotopic (exact) mass is 2020 g/mol. The van der Waals surface area contributed by atoms with E-state index in [1.165, 1.54) is 39.4 Å². The maximum Gasteiger partial charge on any atom is 0.410 e. The Morgan fingerprint density at radius 2 is 0.709 bits per heavy atom. The molecule has 0 bridgehead atoms. The Labute approximate surface area is 832 Å². The molecule has 766 valence electrons. The van der Waals surface area contributed by atoms with Gasteiger partial charge in [-0.05, 0) is 250 Å². The van der Waals surface area contributed by atoms with Crippen LogP contribution in [0.25, 0.3) is 44.1 Å². The molecular weight excluding hydrogens is 1880 g/mol. The number of carbonyl (C=O) groups is 11. The molecule has 16 rings (SSSR count). The maximum absolute atomic E-state index is 12.9. The van der Waals surface area contributed by atoms with Crippen LogP contribution in [0.1, 0.15) is 243 Å². The second-order valence-electron chi connectivity index (χ2n) is 38.7. The molecule has 0 radical (unpaired) electrons. The normalized spacial score (nSPS) is 19.2. The van der Waals surface area contributed by atoms with Gasteiger partial charge in [-0.1, -0.05) is 67.1 Å². The third kappa shape index (κ3) is 29.5. The SMILES string of the molecule is C#CCOC1CCN(C(=O)OC(C)(C)C)CC1.Cn1c(=O)n(C2CCC(=O)NC2=O)c2cc(Br)ccc21.Cn1c(=O)n(C2CCC(=O)NC2=O)c2cc(C#CCOC3CCN(C(=O)OC(C)(C)C)CC3)ccc21.Cn1c(=O)n(C2CCC(=O)NC2=O)c2cc(CCCOC3CCN(C(=O)OC(C)(C)C)CC3)ccc21.Cn1c(=O)n(C2CCC(=O)NC2=O)c2cc(CCCOC3CCNCC3)ccc21.[2H]CC.[3H]C. The number of benzene rings is 4. The van der Waals surface area contributed by atoms with Crippen LogP contribution in [0, 0.1) is 24.2 Å². The molecule has 4 aromatic carbocycles. The maximum atomic E-state index is 12.9.